The summed E-state index contributed by atoms with van der Waals surface area (Å²) in [6, 6.07) is 7.61. The van der Waals surface area contributed by atoms with Crippen LogP contribution in [0.25, 0.3) is 6.08 Å². The molecule has 0 aliphatic heterocycles. The van der Waals surface area contributed by atoms with Crippen LogP contribution in [0.1, 0.15) is 63.9 Å². The second-order valence-electron chi connectivity index (χ2n) is 6.93. The molecule has 0 spiro atoms. The topological polar surface area (TPSA) is 46.5 Å². The number of carboxylic acid groups (broad SMARTS) is 1. The molecule has 0 unspecified atom stereocenters. The Kier molecular flexibility index (Phi) is 7.87. The molecule has 1 aromatic carbocycles. The van der Waals surface area contributed by atoms with Crippen molar-refractivity contribution < 1.29 is 14.6 Å². The van der Waals surface area contributed by atoms with Gasteiger partial charge in [0.15, 0.2) is 0 Å². The number of aliphatic carboxylic acids is 1. The molecule has 0 saturated heterocycles. The zero-order valence-corrected chi connectivity index (χ0v) is 14.7. The summed E-state index contributed by atoms with van der Waals surface area (Å²) in [6.07, 6.45) is 13.5. The predicted molar refractivity (Wildman–Crippen MR) is 98.2 cm³/mol. The van der Waals surface area contributed by atoms with Crippen molar-refractivity contribution in [2.45, 2.75) is 58.3 Å². The van der Waals surface area contributed by atoms with Crippen LogP contribution in [0, 0.1) is 11.8 Å². The Morgan fingerprint density at radius 1 is 1.12 bits per heavy atom. The quantitative estimate of drug-likeness (QED) is 0.477. The average molecular weight is 330 g/mol. The van der Waals surface area contributed by atoms with Crippen LogP contribution in [0.4, 0.5) is 0 Å². The van der Waals surface area contributed by atoms with Gasteiger partial charge >= 0.3 is 5.97 Å². The van der Waals surface area contributed by atoms with Gasteiger partial charge in [0.1, 0.15) is 5.75 Å². The van der Waals surface area contributed by atoms with Crippen LogP contribution in [0.15, 0.2) is 30.3 Å². The highest BCUT2D eigenvalue weighted by atomic mass is 16.5. The summed E-state index contributed by atoms with van der Waals surface area (Å²) in [4.78, 5) is 10.5. The molecule has 0 radical (unpaired) electrons. The van der Waals surface area contributed by atoms with E-state index in [4.69, 9.17) is 9.84 Å². The SMILES string of the molecule is CCCCCC1CCC(COc2ccc(C=CC(=O)O)cc2)CC1. The second kappa shape index (κ2) is 10.2. The van der Waals surface area contributed by atoms with Gasteiger partial charge in [-0.05, 0) is 48.4 Å². The lowest BCUT2D eigenvalue weighted by molar-refractivity contribution is -0.131. The zero-order chi connectivity index (χ0) is 17.2. The van der Waals surface area contributed by atoms with E-state index in [1.54, 1.807) is 6.08 Å². The van der Waals surface area contributed by atoms with Crippen molar-refractivity contribution in [1.29, 1.82) is 0 Å². The molecule has 1 aromatic rings. The van der Waals surface area contributed by atoms with Crippen molar-refractivity contribution in [3.63, 3.8) is 0 Å². The van der Waals surface area contributed by atoms with Gasteiger partial charge < -0.3 is 9.84 Å². The van der Waals surface area contributed by atoms with Crippen LogP contribution >= 0.6 is 0 Å². The number of rotatable bonds is 9. The van der Waals surface area contributed by atoms with Gasteiger partial charge in [-0.25, -0.2) is 4.79 Å². The van der Waals surface area contributed by atoms with Crippen LogP contribution in [-0.2, 0) is 4.79 Å². The van der Waals surface area contributed by atoms with Crippen LogP contribution in [-0.4, -0.2) is 17.7 Å². The summed E-state index contributed by atoms with van der Waals surface area (Å²) >= 11 is 0. The Balaban J connectivity index is 1.68. The van der Waals surface area contributed by atoms with E-state index in [-0.39, 0.29) is 0 Å². The standard InChI is InChI=1S/C21H30O3/c1-2-3-4-5-17-6-8-19(9-7-17)16-24-20-13-10-18(11-14-20)12-15-21(22)23/h10-15,17,19H,2-9,16H2,1H3,(H,22,23). The summed E-state index contributed by atoms with van der Waals surface area (Å²) in [6.45, 7) is 3.06. The van der Waals surface area contributed by atoms with Crippen LogP contribution in [0.3, 0.4) is 0 Å². The Bertz CT molecular complexity index is 510. The summed E-state index contributed by atoms with van der Waals surface area (Å²) in [5, 5.41) is 8.63. The molecule has 1 aliphatic carbocycles. The van der Waals surface area contributed by atoms with E-state index < -0.39 is 5.97 Å². The van der Waals surface area contributed by atoms with E-state index in [2.05, 4.69) is 6.92 Å². The second-order valence-corrected chi connectivity index (χ2v) is 6.93. The molecule has 3 heteroatoms. The van der Waals surface area contributed by atoms with Crippen LogP contribution in [0.2, 0.25) is 0 Å². The molecule has 0 atom stereocenters. The number of unbranched alkanes of at least 4 members (excludes halogenated alkanes) is 2. The Morgan fingerprint density at radius 2 is 1.79 bits per heavy atom. The summed E-state index contributed by atoms with van der Waals surface area (Å²) < 4.78 is 5.92. The molecular weight excluding hydrogens is 300 g/mol. The minimum atomic E-state index is -0.930. The van der Waals surface area contributed by atoms with Crippen molar-refractivity contribution >= 4 is 12.0 Å². The molecule has 0 bridgehead atoms. The molecule has 0 aromatic heterocycles. The van der Waals surface area contributed by atoms with Crippen molar-refractivity contribution in [2.75, 3.05) is 6.61 Å². The molecule has 1 N–H and O–H groups in total. The third-order valence-electron chi connectivity index (χ3n) is 4.97. The van der Waals surface area contributed by atoms with Crippen molar-refractivity contribution in [1.82, 2.24) is 0 Å². The van der Waals surface area contributed by atoms with Gasteiger partial charge in [-0.1, -0.05) is 57.6 Å². The van der Waals surface area contributed by atoms with Gasteiger partial charge in [-0.15, -0.1) is 0 Å². The first-order valence-electron chi connectivity index (χ1n) is 9.31. The number of ether oxygens (including phenoxy) is 1. The minimum Gasteiger partial charge on any atom is -0.493 e. The highest BCUT2D eigenvalue weighted by Crippen LogP contribution is 2.32. The first kappa shape index (κ1) is 18.6. The normalized spacial score (nSPS) is 21.0. The summed E-state index contributed by atoms with van der Waals surface area (Å²) in [7, 11) is 0. The van der Waals surface area contributed by atoms with Gasteiger partial charge in [0.25, 0.3) is 0 Å². The molecule has 132 valence electrons. The summed E-state index contributed by atoms with van der Waals surface area (Å²) in [5.41, 5.74) is 0.873. The first-order chi connectivity index (χ1) is 11.7. The Morgan fingerprint density at radius 3 is 2.42 bits per heavy atom. The highest BCUT2D eigenvalue weighted by molar-refractivity contribution is 5.85. The van der Waals surface area contributed by atoms with E-state index in [1.807, 2.05) is 24.3 Å². The smallest absolute Gasteiger partial charge is 0.328 e. The van der Waals surface area contributed by atoms with Gasteiger partial charge in [0.2, 0.25) is 0 Å². The molecule has 1 aliphatic rings. The molecule has 3 nitrogen and oxygen atoms in total. The monoisotopic (exact) mass is 330 g/mol. The van der Waals surface area contributed by atoms with E-state index in [0.717, 1.165) is 29.9 Å². The summed E-state index contributed by atoms with van der Waals surface area (Å²) in [5.74, 6) is 1.56. The first-order valence-corrected chi connectivity index (χ1v) is 9.31. The molecule has 2 rings (SSSR count). The molecule has 0 heterocycles. The van der Waals surface area contributed by atoms with E-state index in [9.17, 15) is 4.79 Å². The van der Waals surface area contributed by atoms with Gasteiger partial charge in [-0.2, -0.15) is 0 Å². The fourth-order valence-corrected chi connectivity index (χ4v) is 3.43. The Labute approximate surface area is 145 Å². The number of benzene rings is 1. The molecule has 24 heavy (non-hydrogen) atoms. The average Bonchev–Trinajstić information content (AvgIpc) is 2.60. The largest absolute Gasteiger partial charge is 0.493 e. The lowest BCUT2D eigenvalue weighted by Gasteiger charge is -2.28. The predicted octanol–water partition coefficient (Wildman–Crippen LogP) is 5.55. The fraction of sp³-hybridized carbons (Fsp3) is 0.571. The van der Waals surface area contributed by atoms with Crippen molar-refractivity contribution in [3.8, 4) is 5.75 Å². The zero-order valence-electron chi connectivity index (χ0n) is 14.7. The van der Waals surface area contributed by atoms with E-state index in [1.165, 1.54) is 51.4 Å². The highest BCUT2D eigenvalue weighted by Gasteiger charge is 2.21. The third-order valence-corrected chi connectivity index (χ3v) is 4.97. The van der Waals surface area contributed by atoms with E-state index in [0.29, 0.717) is 5.92 Å². The maximum atomic E-state index is 10.5. The fourth-order valence-electron chi connectivity index (χ4n) is 3.43. The number of carbonyl (C=O) groups is 1. The number of hydrogen-bond donors (Lipinski definition) is 1. The molecule has 0 amide bonds. The third kappa shape index (κ3) is 6.77. The maximum absolute atomic E-state index is 10.5. The van der Waals surface area contributed by atoms with E-state index >= 15 is 0 Å². The number of carboxylic acids is 1. The molecule has 1 saturated carbocycles. The van der Waals surface area contributed by atoms with Gasteiger partial charge in [0.05, 0.1) is 6.61 Å². The van der Waals surface area contributed by atoms with Gasteiger partial charge in [0, 0.05) is 6.08 Å². The lowest BCUT2D eigenvalue weighted by Crippen LogP contribution is -2.20. The van der Waals surface area contributed by atoms with Gasteiger partial charge in [-0.3, -0.25) is 0 Å². The molecule has 1 fully saturated rings. The molecular formula is C21H30O3. The van der Waals surface area contributed by atoms with Crippen LogP contribution in [0.5, 0.6) is 5.75 Å². The maximum Gasteiger partial charge on any atom is 0.328 e. The Hall–Kier alpha value is -1.77. The van der Waals surface area contributed by atoms with Crippen molar-refractivity contribution in [3.05, 3.63) is 35.9 Å². The van der Waals surface area contributed by atoms with Crippen molar-refractivity contribution in [2.24, 2.45) is 11.8 Å². The number of hydrogen-bond acceptors (Lipinski definition) is 2. The van der Waals surface area contributed by atoms with Crippen LogP contribution < -0.4 is 4.74 Å². The lowest BCUT2D eigenvalue weighted by atomic mass is 9.80. The minimum absolute atomic E-state index is 0.680.